The van der Waals surface area contributed by atoms with Gasteiger partial charge in [-0.05, 0) is 12.5 Å². The highest BCUT2D eigenvalue weighted by atomic mass is 19.4. The Morgan fingerprint density at radius 3 is 2.76 bits per heavy atom. The van der Waals surface area contributed by atoms with E-state index in [1.54, 1.807) is 0 Å². The molecule has 3 N–H and O–H groups in total. The number of halogens is 3. The lowest BCUT2D eigenvalue weighted by Gasteiger charge is -2.24. The van der Waals surface area contributed by atoms with Crippen LogP contribution in [0.5, 0.6) is 0 Å². The Labute approximate surface area is 141 Å². The van der Waals surface area contributed by atoms with Crippen LogP contribution >= 0.6 is 0 Å². The van der Waals surface area contributed by atoms with E-state index in [0.29, 0.717) is 12.5 Å². The summed E-state index contributed by atoms with van der Waals surface area (Å²) in [4.78, 5) is 29.5. The van der Waals surface area contributed by atoms with E-state index in [4.69, 9.17) is 10.6 Å². The average molecular weight is 365 g/mol. The molecule has 0 spiro atoms. The van der Waals surface area contributed by atoms with Crippen LogP contribution in [0.4, 0.5) is 19.1 Å². The van der Waals surface area contributed by atoms with Crippen molar-refractivity contribution in [3.63, 3.8) is 0 Å². The molecule has 0 aliphatic rings. The van der Waals surface area contributed by atoms with Crippen molar-refractivity contribution in [1.29, 1.82) is 0 Å². The minimum absolute atomic E-state index is 0.0467. The number of hydroxylamine groups is 2. The molecule has 140 valence electrons. The minimum atomic E-state index is -4.74. The molecule has 1 aromatic heterocycles. The van der Waals surface area contributed by atoms with Crippen LogP contribution in [0.3, 0.4) is 0 Å². The number of nitrogens with two attached hydrogens (primary N) is 1. The number of carbonyl (C=O) groups excluding carboxylic acids is 2. The molecule has 0 aliphatic carbocycles. The smallest absolute Gasteiger partial charge is 0.366 e. The normalized spacial score (nSPS) is 12.6. The second kappa shape index (κ2) is 9.25. The first kappa shape index (κ1) is 20.7. The Bertz CT molecular complexity index is 587. The molecule has 0 aliphatic heterocycles. The Balaban J connectivity index is 2.96. The molecule has 1 aromatic rings. The largest absolute Gasteiger partial charge is 0.433 e. The number of unbranched alkanes of at least 4 members (excludes halogenated alkanes) is 1. The quantitative estimate of drug-likeness (QED) is 0.165. The number of hydrogen-bond donors (Lipinski definition) is 2. The van der Waals surface area contributed by atoms with Crippen molar-refractivity contribution < 1.29 is 32.7 Å². The van der Waals surface area contributed by atoms with Crippen molar-refractivity contribution in [3.05, 3.63) is 18.0 Å². The fraction of sp³-hybridized carbons (Fsp3) is 0.538. The number of anilines is 1. The van der Waals surface area contributed by atoms with Gasteiger partial charge in [-0.1, -0.05) is 13.3 Å². The summed E-state index contributed by atoms with van der Waals surface area (Å²) in [6.07, 6.45) is -3.95. The summed E-state index contributed by atoms with van der Waals surface area (Å²) in [6.45, 7) is 1.44. The maximum Gasteiger partial charge on any atom is 0.433 e. The van der Waals surface area contributed by atoms with Gasteiger partial charge in [0.2, 0.25) is 12.4 Å². The summed E-state index contributed by atoms with van der Waals surface area (Å²) >= 11 is 0. The topological polar surface area (TPSA) is 122 Å². The van der Waals surface area contributed by atoms with Crippen LogP contribution in [0.1, 0.15) is 25.5 Å². The summed E-state index contributed by atoms with van der Waals surface area (Å²) in [6, 6.07) is 0.624. The highest BCUT2D eigenvalue weighted by Crippen LogP contribution is 2.27. The van der Waals surface area contributed by atoms with E-state index in [1.807, 2.05) is 6.92 Å². The molecule has 1 rings (SSSR count). The highest BCUT2D eigenvalue weighted by molar-refractivity contribution is 5.94. The third kappa shape index (κ3) is 6.25. The molecular weight excluding hydrogens is 347 g/mol. The van der Waals surface area contributed by atoms with E-state index >= 15 is 0 Å². The molecule has 0 saturated heterocycles. The standard InChI is InChI=1S/C13H18F3N5O4/c1-2-3-6-25-9(7-20(24)8-22)11(23)21(17)12-18-5-4-10(19-12)13(14,15)16/h4-5,8-9,24H,2-3,6-7,17H2,1H3. The lowest BCUT2D eigenvalue weighted by Crippen LogP contribution is -2.50. The third-order valence-electron chi connectivity index (χ3n) is 2.95. The number of hydrazine groups is 1. The van der Waals surface area contributed by atoms with E-state index in [-0.39, 0.29) is 23.1 Å². The van der Waals surface area contributed by atoms with Crippen molar-refractivity contribution in [1.82, 2.24) is 15.0 Å². The van der Waals surface area contributed by atoms with Crippen LogP contribution < -0.4 is 10.9 Å². The lowest BCUT2D eigenvalue weighted by molar-refractivity contribution is -0.161. The Kier molecular flexibility index (Phi) is 7.67. The molecular formula is C13H18F3N5O4. The number of aromatic nitrogens is 2. The molecule has 0 bridgehead atoms. The number of nitrogens with zero attached hydrogens (tertiary/aromatic N) is 4. The molecule has 9 nitrogen and oxygen atoms in total. The van der Waals surface area contributed by atoms with Gasteiger partial charge in [0.1, 0.15) is 5.69 Å². The highest BCUT2D eigenvalue weighted by Gasteiger charge is 2.34. The van der Waals surface area contributed by atoms with Gasteiger partial charge >= 0.3 is 6.18 Å². The van der Waals surface area contributed by atoms with Crippen molar-refractivity contribution in [2.24, 2.45) is 5.84 Å². The Morgan fingerprint density at radius 1 is 1.52 bits per heavy atom. The number of carbonyl (C=O) groups is 2. The molecule has 25 heavy (non-hydrogen) atoms. The van der Waals surface area contributed by atoms with Gasteiger partial charge in [-0.25, -0.2) is 25.9 Å². The number of hydrogen-bond acceptors (Lipinski definition) is 7. The lowest BCUT2D eigenvalue weighted by atomic mass is 10.3. The second-order valence-corrected chi connectivity index (χ2v) is 4.89. The van der Waals surface area contributed by atoms with E-state index in [9.17, 15) is 28.0 Å². The maximum absolute atomic E-state index is 12.7. The third-order valence-corrected chi connectivity index (χ3v) is 2.95. The molecule has 0 fully saturated rings. The monoisotopic (exact) mass is 365 g/mol. The predicted molar refractivity (Wildman–Crippen MR) is 77.9 cm³/mol. The molecule has 1 unspecified atom stereocenters. The molecule has 2 amide bonds. The van der Waals surface area contributed by atoms with Crippen LogP contribution in [0, 0.1) is 0 Å². The maximum atomic E-state index is 12.7. The molecule has 0 radical (unpaired) electrons. The first-order valence-corrected chi connectivity index (χ1v) is 7.22. The van der Waals surface area contributed by atoms with Crippen LogP contribution in [-0.4, -0.2) is 51.8 Å². The molecule has 12 heteroatoms. The first-order chi connectivity index (χ1) is 11.7. The van der Waals surface area contributed by atoms with Crippen LogP contribution in [0.2, 0.25) is 0 Å². The van der Waals surface area contributed by atoms with E-state index in [2.05, 4.69) is 9.97 Å². The number of alkyl halides is 3. The zero-order chi connectivity index (χ0) is 19.0. The zero-order valence-corrected chi connectivity index (χ0v) is 13.3. The van der Waals surface area contributed by atoms with Gasteiger partial charge in [-0.3, -0.25) is 14.8 Å². The Morgan fingerprint density at radius 2 is 2.20 bits per heavy atom. The average Bonchev–Trinajstić information content (AvgIpc) is 2.59. The number of amides is 2. The fourth-order valence-corrected chi connectivity index (χ4v) is 1.66. The number of ether oxygens (including phenoxy) is 1. The van der Waals surface area contributed by atoms with Crippen LogP contribution in [0.25, 0.3) is 0 Å². The van der Waals surface area contributed by atoms with E-state index < -0.39 is 36.4 Å². The van der Waals surface area contributed by atoms with Gasteiger partial charge in [0.25, 0.3) is 5.91 Å². The summed E-state index contributed by atoms with van der Waals surface area (Å²) in [5.41, 5.74) is -1.28. The Hall–Kier alpha value is -2.31. The van der Waals surface area contributed by atoms with Gasteiger partial charge in [0.15, 0.2) is 6.10 Å². The second-order valence-electron chi connectivity index (χ2n) is 4.89. The number of rotatable bonds is 9. The molecule has 0 aromatic carbocycles. The van der Waals surface area contributed by atoms with Crippen molar-refractivity contribution >= 4 is 18.3 Å². The van der Waals surface area contributed by atoms with E-state index in [0.717, 1.165) is 12.6 Å². The molecule has 0 saturated carbocycles. The van der Waals surface area contributed by atoms with Crippen molar-refractivity contribution in [2.75, 3.05) is 18.2 Å². The minimum Gasteiger partial charge on any atom is -0.366 e. The first-order valence-electron chi connectivity index (χ1n) is 7.22. The van der Waals surface area contributed by atoms with Gasteiger partial charge in [0, 0.05) is 12.8 Å². The van der Waals surface area contributed by atoms with Gasteiger partial charge in [0.05, 0.1) is 6.54 Å². The van der Waals surface area contributed by atoms with Gasteiger partial charge in [-0.15, -0.1) is 0 Å². The van der Waals surface area contributed by atoms with Gasteiger partial charge in [-0.2, -0.15) is 13.2 Å². The van der Waals surface area contributed by atoms with Crippen molar-refractivity contribution in [3.8, 4) is 0 Å². The van der Waals surface area contributed by atoms with Crippen LogP contribution in [-0.2, 0) is 20.5 Å². The van der Waals surface area contributed by atoms with Crippen LogP contribution in [0.15, 0.2) is 12.3 Å². The predicted octanol–water partition coefficient (Wildman–Crippen LogP) is 0.735. The fourth-order valence-electron chi connectivity index (χ4n) is 1.66. The van der Waals surface area contributed by atoms with E-state index in [1.165, 1.54) is 0 Å². The van der Waals surface area contributed by atoms with Crippen molar-refractivity contribution in [2.45, 2.75) is 32.0 Å². The SMILES string of the molecule is CCCCOC(CN(O)C=O)C(=O)N(N)c1nccc(C(F)(F)F)n1. The molecule has 1 atom stereocenters. The zero-order valence-electron chi connectivity index (χ0n) is 13.3. The van der Waals surface area contributed by atoms with Gasteiger partial charge < -0.3 is 4.74 Å². The summed E-state index contributed by atoms with van der Waals surface area (Å²) < 4.78 is 43.3. The summed E-state index contributed by atoms with van der Waals surface area (Å²) in [5.74, 6) is 3.78. The molecule has 1 heterocycles. The summed E-state index contributed by atoms with van der Waals surface area (Å²) in [7, 11) is 0. The summed E-state index contributed by atoms with van der Waals surface area (Å²) in [5, 5.41) is 9.67.